The Morgan fingerprint density at radius 3 is 2.66 bits per heavy atom. The van der Waals surface area contributed by atoms with E-state index < -0.39 is 29.2 Å². The fourth-order valence-corrected chi connectivity index (χ4v) is 4.11. The Balaban J connectivity index is 2.02. The van der Waals surface area contributed by atoms with Crippen LogP contribution in [0.25, 0.3) is 10.2 Å². The molecule has 1 saturated heterocycles. The van der Waals surface area contributed by atoms with Gasteiger partial charge in [-0.15, -0.1) is 11.3 Å². The fraction of sp³-hybridized carbons (Fsp3) is 0.474. The lowest BCUT2D eigenvalue weighted by atomic mass is 9.96. The maximum absolute atomic E-state index is 14.1. The largest absolute Gasteiger partial charge is 0.463 e. The zero-order valence-electron chi connectivity index (χ0n) is 15.7. The molecule has 29 heavy (non-hydrogen) atoms. The van der Waals surface area contributed by atoms with Crippen molar-refractivity contribution in [2.75, 3.05) is 32.9 Å². The van der Waals surface area contributed by atoms with E-state index >= 15 is 0 Å². The number of thiazole rings is 1. The molecule has 0 radical (unpaired) electrons. The van der Waals surface area contributed by atoms with Gasteiger partial charge in [0.05, 0.1) is 30.0 Å². The van der Waals surface area contributed by atoms with Crippen molar-refractivity contribution < 1.29 is 32.5 Å². The molecule has 1 aromatic heterocycles. The Morgan fingerprint density at radius 2 is 2.03 bits per heavy atom. The average Bonchev–Trinajstić information content (AvgIpc) is 3.12. The summed E-state index contributed by atoms with van der Waals surface area (Å²) in [5, 5.41) is 10.4. The number of para-hydroxylation sites is 1. The second-order valence-electron chi connectivity index (χ2n) is 6.51. The first-order valence-electron chi connectivity index (χ1n) is 9.10. The molecule has 1 aromatic carbocycles. The number of aliphatic hydroxyl groups is 1. The second kappa shape index (κ2) is 8.68. The molecule has 2 heterocycles. The number of carbonyl (C=O) groups excluding carboxylic acids is 1. The highest BCUT2D eigenvalue weighted by Crippen LogP contribution is 2.46. The van der Waals surface area contributed by atoms with Crippen molar-refractivity contribution >= 4 is 27.5 Å². The average molecular weight is 430 g/mol. The number of ether oxygens (including phenoxy) is 2. The highest BCUT2D eigenvalue weighted by Gasteiger charge is 2.57. The third-order valence-corrected chi connectivity index (χ3v) is 5.73. The molecule has 1 N–H and O–H groups in total. The van der Waals surface area contributed by atoms with Crippen molar-refractivity contribution in [1.29, 1.82) is 0 Å². The smallest absolute Gasteiger partial charge is 0.424 e. The number of alkyl halides is 3. The molecule has 1 atom stereocenters. The zero-order valence-corrected chi connectivity index (χ0v) is 16.6. The van der Waals surface area contributed by atoms with Crippen LogP contribution in [0.2, 0.25) is 0 Å². The topological polar surface area (TPSA) is 71.9 Å². The van der Waals surface area contributed by atoms with Gasteiger partial charge in [0, 0.05) is 31.3 Å². The molecular weight excluding hydrogens is 409 g/mol. The molecule has 0 aliphatic carbocycles. The minimum absolute atomic E-state index is 0.0332. The van der Waals surface area contributed by atoms with E-state index in [1.54, 1.807) is 36.1 Å². The van der Waals surface area contributed by atoms with E-state index in [0.717, 1.165) is 17.4 Å². The molecule has 158 valence electrons. The summed E-state index contributed by atoms with van der Waals surface area (Å²) in [5.74, 6) is -0.761. The second-order valence-corrected chi connectivity index (χ2v) is 7.54. The number of halogens is 3. The molecule has 1 fully saturated rings. The van der Waals surface area contributed by atoms with Gasteiger partial charge in [-0.2, -0.15) is 13.2 Å². The summed E-state index contributed by atoms with van der Waals surface area (Å²) in [6.07, 6.45) is -4.84. The van der Waals surface area contributed by atoms with Crippen LogP contribution in [-0.4, -0.2) is 60.0 Å². The molecule has 6 nitrogen and oxygen atoms in total. The van der Waals surface area contributed by atoms with E-state index in [0.29, 0.717) is 36.5 Å². The molecule has 0 bridgehead atoms. The molecule has 0 saturated carbocycles. The van der Waals surface area contributed by atoms with Gasteiger partial charge in [0.15, 0.2) is 0 Å². The van der Waals surface area contributed by atoms with Gasteiger partial charge >= 0.3 is 12.1 Å². The first-order chi connectivity index (χ1) is 13.7. The molecule has 2 aromatic rings. The van der Waals surface area contributed by atoms with E-state index in [9.17, 15) is 23.1 Å². The summed E-state index contributed by atoms with van der Waals surface area (Å²) in [6.45, 7) is 2.93. The van der Waals surface area contributed by atoms with Crippen LogP contribution in [0, 0.1) is 0 Å². The molecule has 0 spiro atoms. The third-order valence-electron chi connectivity index (χ3n) is 4.54. The molecule has 1 aliphatic rings. The van der Waals surface area contributed by atoms with Crippen molar-refractivity contribution in [2.24, 2.45) is 0 Å². The standard InChI is InChI=1S/C19H21F3N2O4S/c1-2-28-16(25)11-13(24-7-9-27-10-8-24)12-18(26,19(20,21)22)17-23-14-5-3-4-6-15(14)29-17/h3-6,11,26H,2,7-10,12H2,1H3/b13-11+/t18-/m1/s1. The Hall–Kier alpha value is -2.17. The van der Waals surface area contributed by atoms with Gasteiger partial charge in [-0.05, 0) is 19.1 Å². The van der Waals surface area contributed by atoms with Gasteiger partial charge < -0.3 is 19.5 Å². The van der Waals surface area contributed by atoms with Gasteiger partial charge in [-0.25, -0.2) is 9.78 Å². The van der Waals surface area contributed by atoms with Crippen molar-refractivity contribution in [3.05, 3.63) is 41.0 Å². The Labute approximate surface area is 169 Å². The summed E-state index contributed by atoms with van der Waals surface area (Å²) < 4.78 is 52.8. The summed E-state index contributed by atoms with van der Waals surface area (Å²) in [4.78, 5) is 17.6. The van der Waals surface area contributed by atoms with Crippen LogP contribution < -0.4 is 0 Å². The number of morpholine rings is 1. The number of aromatic nitrogens is 1. The predicted molar refractivity (Wildman–Crippen MR) is 101 cm³/mol. The van der Waals surface area contributed by atoms with Gasteiger partial charge in [-0.3, -0.25) is 0 Å². The maximum atomic E-state index is 14.1. The SMILES string of the molecule is CCOC(=O)/C=C(\C[C@@](O)(c1nc2ccccc2s1)C(F)(F)F)N1CCOCC1. The number of hydrogen-bond acceptors (Lipinski definition) is 7. The molecule has 10 heteroatoms. The van der Waals surface area contributed by atoms with Crippen molar-refractivity contribution in [1.82, 2.24) is 9.88 Å². The highest BCUT2D eigenvalue weighted by molar-refractivity contribution is 7.18. The summed E-state index contributed by atoms with van der Waals surface area (Å²) in [7, 11) is 0. The van der Waals surface area contributed by atoms with E-state index in [1.807, 2.05) is 0 Å². The van der Waals surface area contributed by atoms with Gasteiger partial charge in [0.25, 0.3) is 0 Å². The molecule has 1 aliphatic heterocycles. The van der Waals surface area contributed by atoms with Gasteiger partial charge in [-0.1, -0.05) is 12.1 Å². The molecule has 0 unspecified atom stereocenters. The van der Waals surface area contributed by atoms with Crippen LogP contribution in [-0.2, 0) is 19.9 Å². The number of benzene rings is 1. The monoisotopic (exact) mass is 430 g/mol. The van der Waals surface area contributed by atoms with Crippen LogP contribution in [0.5, 0.6) is 0 Å². The number of hydrogen-bond donors (Lipinski definition) is 1. The minimum Gasteiger partial charge on any atom is -0.463 e. The van der Waals surface area contributed by atoms with Crippen LogP contribution in [0.3, 0.4) is 0 Å². The van der Waals surface area contributed by atoms with Crippen molar-refractivity contribution in [3.63, 3.8) is 0 Å². The number of esters is 1. The minimum atomic E-state index is -5.00. The van der Waals surface area contributed by atoms with Crippen LogP contribution >= 0.6 is 11.3 Å². The van der Waals surface area contributed by atoms with Crippen molar-refractivity contribution in [3.8, 4) is 0 Å². The number of carbonyl (C=O) groups is 1. The van der Waals surface area contributed by atoms with Crippen LogP contribution in [0.1, 0.15) is 18.4 Å². The Morgan fingerprint density at radius 1 is 1.34 bits per heavy atom. The highest BCUT2D eigenvalue weighted by atomic mass is 32.1. The van der Waals surface area contributed by atoms with Crippen LogP contribution in [0.4, 0.5) is 13.2 Å². The molecule has 3 rings (SSSR count). The Bertz CT molecular complexity index is 860. The first kappa shape index (κ1) is 21.5. The lowest BCUT2D eigenvalue weighted by molar-refractivity contribution is -0.267. The van der Waals surface area contributed by atoms with E-state index in [2.05, 4.69) is 4.98 Å². The maximum Gasteiger partial charge on any atom is 0.424 e. The van der Waals surface area contributed by atoms with Gasteiger partial charge in [0.2, 0.25) is 5.60 Å². The zero-order chi connectivity index (χ0) is 21.1. The predicted octanol–water partition coefficient (Wildman–Crippen LogP) is 3.22. The van der Waals surface area contributed by atoms with E-state index in [1.165, 1.54) is 0 Å². The lowest BCUT2D eigenvalue weighted by Crippen LogP contribution is -2.45. The first-order valence-corrected chi connectivity index (χ1v) is 9.91. The number of rotatable bonds is 6. The van der Waals surface area contributed by atoms with E-state index in [4.69, 9.17) is 9.47 Å². The third kappa shape index (κ3) is 4.71. The molecular formula is C19H21F3N2O4S. The molecule has 0 amide bonds. The number of fused-ring (bicyclic) bond motifs is 1. The Kier molecular flexibility index (Phi) is 6.45. The summed E-state index contributed by atoms with van der Waals surface area (Å²) in [5.41, 5.74) is -2.84. The lowest BCUT2D eigenvalue weighted by Gasteiger charge is -2.36. The van der Waals surface area contributed by atoms with E-state index in [-0.39, 0.29) is 12.3 Å². The summed E-state index contributed by atoms with van der Waals surface area (Å²) >= 11 is 0.781. The quantitative estimate of drug-likeness (QED) is 0.561. The summed E-state index contributed by atoms with van der Waals surface area (Å²) in [6, 6.07) is 6.59. The fourth-order valence-electron chi connectivity index (χ4n) is 3.03. The normalized spacial score (nSPS) is 18.0. The van der Waals surface area contributed by atoms with Crippen LogP contribution in [0.15, 0.2) is 36.0 Å². The van der Waals surface area contributed by atoms with Gasteiger partial charge in [0.1, 0.15) is 5.01 Å². The number of nitrogens with zero attached hydrogens (tertiary/aromatic N) is 2. The van der Waals surface area contributed by atoms with Crippen molar-refractivity contribution in [2.45, 2.75) is 25.1 Å².